The van der Waals surface area contributed by atoms with Crippen LogP contribution in [0.3, 0.4) is 0 Å². The van der Waals surface area contributed by atoms with Crippen molar-refractivity contribution in [2.75, 3.05) is 24.9 Å². The largest absolute Gasteiger partial charge is 0.493 e. The fourth-order valence-electron chi connectivity index (χ4n) is 2.83. The summed E-state index contributed by atoms with van der Waals surface area (Å²) in [6, 6.07) is 15.1. The lowest BCUT2D eigenvalue weighted by Gasteiger charge is -2.11. The van der Waals surface area contributed by atoms with Crippen molar-refractivity contribution in [1.82, 2.24) is 19.7 Å². The van der Waals surface area contributed by atoms with Crippen molar-refractivity contribution in [3.05, 3.63) is 73.3 Å². The molecule has 0 saturated carbocycles. The number of hydrogen-bond acceptors (Lipinski definition) is 7. The van der Waals surface area contributed by atoms with E-state index in [4.69, 9.17) is 14.2 Å². The van der Waals surface area contributed by atoms with Gasteiger partial charge in [-0.25, -0.2) is 9.78 Å². The second kappa shape index (κ2) is 9.47. The molecule has 0 aliphatic rings. The maximum Gasteiger partial charge on any atom is 0.323 e. The molecular weight excluding hydrogens is 412 g/mol. The predicted octanol–water partition coefficient (Wildman–Crippen LogP) is 4.12. The minimum Gasteiger partial charge on any atom is -0.493 e. The number of ether oxygens (including phenoxy) is 3. The first-order chi connectivity index (χ1) is 15.6. The molecule has 10 nitrogen and oxygen atoms in total. The Labute approximate surface area is 183 Å². The molecule has 0 saturated heterocycles. The van der Waals surface area contributed by atoms with E-state index in [1.54, 1.807) is 85.0 Å². The zero-order valence-corrected chi connectivity index (χ0v) is 17.4. The maximum absolute atomic E-state index is 12.3. The van der Waals surface area contributed by atoms with E-state index in [1.807, 2.05) is 0 Å². The van der Waals surface area contributed by atoms with Gasteiger partial charge in [-0.1, -0.05) is 0 Å². The topological polar surface area (TPSA) is 112 Å². The molecule has 4 aromatic rings. The minimum atomic E-state index is -0.396. The Bertz CT molecular complexity index is 1180. The molecule has 4 rings (SSSR count). The number of benzene rings is 2. The standard InChI is InChI=1S/C22H20N6O4/c1-30-18-8-5-16(13-19(18)31-2)25-22(29)24-15-3-6-17(7-4-15)32-21-10-9-20(26-27-21)28-12-11-23-14-28/h3-14H,1-2H3,(H2,24,25,29). The van der Waals surface area contributed by atoms with Crippen molar-refractivity contribution in [2.45, 2.75) is 0 Å². The number of amides is 2. The summed E-state index contributed by atoms with van der Waals surface area (Å²) in [5, 5.41) is 13.7. The SMILES string of the molecule is COc1ccc(NC(=O)Nc2ccc(Oc3ccc(-n4ccnc4)nn3)cc2)cc1OC. The summed E-state index contributed by atoms with van der Waals surface area (Å²) < 4.78 is 17.9. The molecule has 0 spiro atoms. The number of methoxy groups -OCH3 is 2. The number of urea groups is 1. The fourth-order valence-corrected chi connectivity index (χ4v) is 2.83. The fraction of sp³-hybridized carbons (Fsp3) is 0.0909. The van der Waals surface area contributed by atoms with E-state index in [0.29, 0.717) is 40.3 Å². The van der Waals surface area contributed by atoms with Crippen LogP contribution in [-0.4, -0.2) is 40.0 Å². The van der Waals surface area contributed by atoms with Gasteiger partial charge in [0.05, 0.1) is 14.2 Å². The molecule has 2 N–H and O–H groups in total. The van der Waals surface area contributed by atoms with E-state index in [0.717, 1.165) is 0 Å². The van der Waals surface area contributed by atoms with Gasteiger partial charge in [0.15, 0.2) is 17.3 Å². The first-order valence-electron chi connectivity index (χ1n) is 9.54. The molecule has 2 heterocycles. The monoisotopic (exact) mass is 432 g/mol. The minimum absolute atomic E-state index is 0.348. The lowest BCUT2D eigenvalue weighted by molar-refractivity contribution is 0.262. The molecule has 10 heteroatoms. The average molecular weight is 432 g/mol. The summed E-state index contributed by atoms with van der Waals surface area (Å²) in [5.41, 5.74) is 1.16. The number of carbonyl (C=O) groups excluding carboxylic acids is 1. The van der Waals surface area contributed by atoms with Crippen molar-refractivity contribution in [2.24, 2.45) is 0 Å². The quantitative estimate of drug-likeness (QED) is 0.452. The third-order valence-corrected chi connectivity index (χ3v) is 4.37. The van der Waals surface area contributed by atoms with E-state index in [2.05, 4.69) is 25.8 Å². The van der Waals surface area contributed by atoms with E-state index in [9.17, 15) is 4.79 Å². The van der Waals surface area contributed by atoms with Crippen LogP contribution in [0.15, 0.2) is 73.3 Å². The first kappa shape index (κ1) is 20.7. The van der Waals surface area contributed by atoms with Gasteiger partial charge in [0.1, 0.15) is 12.1 Å². The van der Waals surface area contributed by atoms with Gasteiger partial charge in [-0.3, -0.25) is 4.57 Å². The van der Waals surface area contributed by atoms with E-state index < -0.39 is 6.03 Å². The van der Waals surface area contributed by atoms with E-state index in [-0.39, 0.29) is 0 Å². The molecule has 0 bridgehead atoms. The molecule has 0 fully saturated rings. The van der Waals surface area contributed by atoms with Gasteiger partial charge in [0.2, 0.25) is 5.88 Å². The number of nitrogens with zero attached hydrogens (tertiary/aromatic N) is 4. The highest BCUT2D eigenvalue weighted by molar-refractivity contribution is 5.99. The average Bonchev–Trinajstić information content (AvgIpc) is 3.36. The Morgan fingerprint density at radius 3 is 2.28 bits per heavy atom. The van der Waals surface area contributed by atoms with Crippen LogP contribution in [-0.2, 0) is 0 Å². The molecule has 0 unspecified atom stereocenters. The van der Waals surface area contributed by atoms with Gasteiger partial charge >= 0.3 is 6.03 Å². The molecule has 2 aromatic carbocycles. The Hall–Kier alpha value is -4.60. The molecule has 2 amide bonds. The number of anilines is 2. The molecule has 0 aliphatic carbocycles. The van der Waals surface area contributed by atoms with Gasteiger partial charge in [0, 0.05) is 35.9 Å². The van der Waals surface area contributed by atoms with Crippen LogP contribution in [0, 0.1) is 0 Å². The Morgan fingerprint density at radius 2 is 1.62 bits per heavy atom. The van der Waals surface area contributed by atoms with Crippen LogP contribution in [0.1, 0.15) is 0 Å². The van der Waals surface area contributed by atoms with Gasteiger partial charge in [0.25, 0.3) is 0 Å². The highest BCUT2D eigenvalue weighted by Crippen LogP contribution is 2.30. The molecule has 162 valence electrons. The highest BCUT2D eigenvalue weighted by Gasteiger charge is 2.08. The Balaban J connectivity index is 1.34. The maximum atomic E-state index is 12.3. The summed E-state index contributed by atoms with van der Waals surface area (Å²) in [7, 11) is 3.08. The second-order valence-corrected chi connectivity index (χ2v) is 6.48. The summed E-state index contributed by atoms with van der Waals surface area (Å²) in [6.45, 7) is 0. The van der Waals surface area contributed by atoms with E-state index in [1.165, 1.54) is 7.11 Å². The normalized spacial score (nSPS) is 10.3. The smallest absolute Gasteiger partial charge is 0.323 e. The Morgan fingerprint density at radius 1 is 0.875 bits per heavy atom. The number of nitrogens with one attached hydrogen (secondary N) is 2. The van der Waals surface area contributed by atoms with Gasteiger partial charge < -0.3 is 24.8 Å². The van der Waals surface area contributed by atoms with Gasteiger partial charge in [-0.2, -0.15) is 0 Å². The van der Waals surface area contributed by atoms with Crippen LogP contribution in [0.2, 0.25) is 0 Å². The summed E-state index contributed by atoms with van der Waals surface area (Å²) in [6.07, 6.45) is 5.07. The van der Waals surface area contributed by atoms with Crippen LogP contribution in [0.4, 0.5) is 16.2 Å². The zero-order valence-electron chi connectivity index (χ0n) is 17.4. The van der Waals surface area contributed by atoms with Gasteiger partial charge in [-0.05, 0) is 42.5 Å². The second-order valence-electron chi connectivity index (χ2n) is 6.48. The van der Waals surface area contributed by atoms with Crippen molar-refractivity contribution in [1.29, 1.82) is 0 Å². The molecular formula is C22H20N6O4. The number of carbonyl (C=O) groups is 1. The van der Waals surface area contributed by atoms with Crippen LogP contribution >= 0.6 is 0 Å². The highest BCUT2D eigenvalue weighted by atomic mass is 16.5. The number of hydrogen-bond donors (Lipinski definition) is 2. The summed E-state index contributed by atoms with van der Waals surface area (Å²) in [5.74, 6) is 2.64. The van der Waals surface area contributed by atoms with Crippen molar-refractivity contribution < 1.29 is 19.0 Å². The summed E-state index contributed by atoms with van der Waals surface area (Å²) in [4.78, 5) is 16.3. The lowest BCUT2D eigenvalue weighted by Crippen LogP contribution is -2.19. The van der Waals surface area contributed by atoms with Crippen LogP contribution in [0.25, 0.3) is 5.82 Å². The lowest BCUT2D eigenvalue weighted by atomic mass is 10.2. The van der Waals surface area contributed by atoms with Crippen LogP contribution < -0.4 is 24.8 Å². The molecule has 0 atom stereocenters. The van der Waals surface area contributed by atoms with Crippen molar-refractivity contribution in [3.63, 3.8) is 0 Å². The molecule has 0 aliphatic heterocycles. The van der Waals surface area contributed by atoms with Gasteiger partial charge in [-0.15, -0.1) is 10.2 Å². The predicted molar refractivity (Wildman–Crippen MR) is 118 cm³/mol. The first-order valence-corrected chi connectivity index (χ1v) is 9.54. The zero-order chi connectivity index (χ0) is 22.3. The molecule has 0 radical (unpaired) electrons. The third-order valence-electron chi connectivity index (χ3n) is 4.37. The van der Waals surface area contributed by atoms with Crippen molar-refractivity contribution >= 4 is 17.4 Å². The number of aromatic nitrogens is 4. The molecule has 2 aromatic heterocycles. The van der Waals surface area contributed by atoms with E-state index >= 15 is 0 Å². The molecule has 32 heavy (non-hydrogen) atoms. The number of rotatable bonds is 7. The van der Waals surface area contributed by atoms with Crippen LogP contribution in [0.5, 0.6) is 23.1 Å². The summed E-state index contributed by atoms with van der Waals surface area (Å²) >= 11 is 0. The number of imidazole rings is 1. The Kier molecular flexibility index (Phi) is 6.12. The van der Waals surface area contributed by atoms with Crippen molar-refractivity contribution in [3.8, 4) is 28.9 Å². The third kappa shape index (κ3) is 4.93.